The van der Waals surface area contributed by atoms with E-state index in [1.54, 1.807) is 0 Å². The molecule has 5 rings (SSSR count). The van der Waals surface area contributed by atoms with Crippen molar-refractivity contribution in [2.45, 2.75) is 64.8 Å². The van der Waals surface area contributed by atoms with Gasteiger partial charge in [-0.2, -0.15) is 5.10 Å². The summed E-state index contributed by atoms with van der Waals surface area (Å²) in [6.07, 6.45) is 11.7. The van der Waals surface area contributed by atoms with Gasteiger partial charge in [0.15, 0.2) is 0 Å². The van der Waals surface area contributed by atoms with Crippen molar-refractivity contribution in [3.05, 3.63) is 70.8 Å². The van der Waals surface area contributed by atoms with E-state index in [1.165, 1.54) is 18.2 Å². The van der Waals surface area contributed by atoms with Crippen molar-refractivity contribution in [2.24, 2.45) is 0 Å². The minimum atomic E-state index is 0.0247. The standard InChI is InChI=1S/C30H33N3O2S2/c1-3-4-17-35-25-15-16-26(21(2)18-25)28-22(20-32(31-28)23-11-7-5-8-12-23)19-27-29(34)33(30(36)37-27)24-13-9-6-10-14-24/h5,7-8,11-12,15-16,18-20,24H,3-4,6,9-10,13-14,17H2,1-2H3/b27-19-. The van der Waals surface area contributed by atoms with Gasteiger partial charge in [-0.15, -0.1) is 0 Å². The van der Waals surface area contributed by atoms with Crippen molar-refractivity contribution >= 4 is 40.3 Å². The molecule has 2 aromatic carbocycles. The number of hydrogen-bond acceptors (Lipinski definition) is 5. The lowest BCUT2D eigenvalue weighted by Gasteiger charge is -2.29. The van der Waals surface area contributed by atoms with Crippen LogP contribution in [-0.4, -0.2) is 37.6 Å². The second-order valence-electron chi connectivity index (χ2n) is 9.74. The number of para-hydroxylation sites is 1. The van der Waals surface area contributed by atoms with Gasteiger partial charge in [-0.25, -0.2) is 4.68 Å². The Hall–Kier alpha value is -2.90. The van der Waals surface area contributed by atoms with Gasteiger partial charge in [0.25, 0.3) is 5.91 Å². The smallest absolute Gasteiger partial charge is 0.266 e. The number of carbonyl (C=O) groups is 1. The summed E-state index contributed by atoms with van der Waals surface area (Å²) in [7, 11) is 0. The molecule has 0 spiro atoms. The van der Waals surface area contributed by atoms with E-state index < -0.39 is 0 Å². The molecule has 2 fully saturated rings. The number of benzene rings is 2. The van der Waals surface area contributed by atoms with Gasteiger partial charge in [-0.1, -0.05) is 74.8 Å². The Morgan fingerprint density at radius 1 is 1.14 bits per heavy atom. The molecule has 192 valence electrons. The molecule has 1 amide bonds. The minimum Gasteiger partial charge on any atom is -0.494 e. The maximum atomic E-state index is 13.5. The number of thiocarbonyl (C=S) groups is 1. The van der Waals surface area contributed by atoms with Crippen LogP contribution < -0.4 is 4.74 Å². The summed E-state index contributed by atoms with van der Waals surface area (Å²) < 4.78 is 8.47. The molecular formula is C30H33N3O2S2. The molecular weight excluding hydrogens is 498 g/mol. The van der Waals surface area contributed by atoms with E-state index in [4.69, 9.17) is 22.1 Å². The Kier molecular flexibility index (Phi) is 8.11. The van der Waals surface area contributed by atoms with E-state index in [0.29, 0.717) is 15.8 Å². The number of carbonyl (C=O) groups excluding carboxylic acids is 1. The van der Waals surface area contributed by atoms with E-state index in [0.717, 1.165) is 72.3 Å². The number of hydrogen-bond donors (Lipinski definition) is 0. The first kappa shape index (κ1) is 25.7. The zero-order valence-electron chi connectivity index (χ0n) is 21.5. The molecule has 1 aliphatic carbocycles. The highest BCUT2D eigenvalue weighted by Crippen LogP contribution is 2.39. The monoisotopic (exact) mass is 531 g/mol. The third kappa shape index (κ3) is 5.68. The summed E-state index contributed by atoms with van der Waals surface area (Å²) in [6.45, 7) is 4.95. The number of aryl methyl sites for hydroxylation is 1. The van der Waals surface area contributed by atoms with Crippen molar-refractivity contribution in [3.63, 3.8) is 0 Å². The fourth-order valence-electron chi connectivity index (χ4n) is 5.02. The second-order valence-corrected chi connectivity index (χ2v) is 11.4. The maximum Gasteiger partial charge on any atom is 0.266 e. The van der Waals surface area contributed by atoms with Crippen LogP contribution in [0.1, 0.15) is 63.0 Å². The molecule has 1 aromatic heterocycles. The van der Waals surface area contributed by atoms with Gasteiger partial charge >= 0.3 is 0 Å². The average Bonchev–Trinajstić information content (AvgIpc) is 3.45. The molecule has 1 aliphatic heterocycles. The van der Waals surface area contributed by atoms with Crippen molar-refractivity contribution in [1.29, 1.82) is 0 Å². The van der Waals surface area contributed by atoms with Crippen LogP contribution in [0.15, 0.2) is 59.6 Å². The fourth-order valence-corrected chi connectivity index (χ4v) is 6.41. The summed E-state index contributed by atoms with van der Waals surface area (Å²) in [5.74, 6) is 0.892. The SMILES string of the molecule is CCCCOc1ccc(-c2nn(-c3ccccc3)cc2/C=C2\SC(=S)N(C3CCCCC3)C2=O)c(C)c1. The number of aromatic nitrogens is 2. The molecule has 5 nitrogen and oxygen atoms in total. The lowest BCUT2D eigenvalue weighted by Crippen LogP contribution is -2.39. The van der Waals surface area contributed by atoms with Crippen LogP contribution in [0.5, 0.6) is 5.75 Å². The Balaban J connectivity index is 1.51. The quantitative estimate of drug-likeness (QED) is 0.171. The first-order valence-electron chi connectivity index (χ1n) is 13.2. The van der Waals surface area contributed by atoms with Crippen molar-refractivity contribution in [2.75, 3.05) is 6.61 Å². The number of amides is 1. The van der Waals surface area contributed by atoms with Crippen LogP contribution in [0.25, 0.3) is 23.0 Å². The number of rotatable bonds is 8. The average molecular weight is 532 g/mol. The van der Waals surface area contributed by atoms with Crippen molar-refractivity contribution in [1.82, 2.24) is 14.7 Å². The van der Waals surface area contributed by atoms with Gasteiger partial charge < -0.3 is 4.74 Å². The molecule has 1 saturated carbocycles. The van der Waals surface area contributed by atoms with Gasteiger partial charge in [-0.05, 0) is 68.2 Å². The Bertz CT molecular complexity index is 1310. The molecule has 37 heavy (non-hydrogen) atoms. The van der Waals surface area contributed by atoms with Gasteiger partial charge in [0.1, 0.15) is 15.8 Å². The third-order valence-electron chi connectivity index (χ3n) is 7.03. The predicted octanol–water partition coefficient (Wildman–Crippen LogP) is 7.56. The molecule has 0 radical (unpaired) electrons. The molecule has 2 aliphatic rings. The summed E-state index contributed by atoms with van der Waals surface area (Å²) in [5, 5.41) is 4.98. The lowest BCUT2D eigenvalue weighted by molar-refractivity contribution is -0.124. The number of nitrogens with zero attached hydrogens (tertiary/aromatic N) is 3. The summed E-state index contributed by atoms with van der Waals surface area (Å²) >= 11 is 7.08. The molecule has 0 N–H and O–H groups in total. The third-order valence-corrected chi connectivity index (χ3v) is 8.36. The topological polar surface area (TPSA) is 47.4 Å². The summed E-state index contributed by atoms with van der Waals surface area (Å²) in [5.41, 5.74) is 4.80. The van der Waals surface area contributed by atoms with Crippen molar-refractivity contribution in [3.8, 4) is 22.7 Å². The molecule has 0 bridgehead atoms. The van der Waals surface area contributed by atoms with Gasteiger partial charge in [0, 0.05) is 23.4 Å². The van der Waals surface area contributed by atoms with E-state index in [-0.39, 0.29) is 11.9 Å². The zero-order chi connectivity index (χ0) is 25.8. The summed E-state index contributed by atoms with van der Waals surface area (Å²) in [4.78, 5) is 16.0. The molecule has 0 unspecified atom stereocenters. The van der Waals surface area contributed by atoms with E-state index in [1.807, 2.05) is 58.3 Å². The van der Waals surface area contributed by atoms with E-state index in [2.05, 4.69) is 26.0 Å². The Labute approximate surface area is 228 Å². The van der Waals surface area contributed by atoms with Crippen LogP contribution in [0.2, 0.25) is 0 Å². The van der Waals surface area contributed by atoms with Crippen LogP contribution in [0.3, 0.4) is 0 Å². The van der Waals surface area contributed by atoms with Gasteiger partial charge in [-0.3, -0.25) is 9.69 Å². The highest BCUT2D eigenvalue weighted by Gasteiger charge is 2.37. The number of thioether (sulfide) groups is 1. The molecule has 1 saturated heterocycles. The van der Waals surface area contributed by atoms with Gasteiger partial charge in [0.05, 0.1) is 17.2 Å². The molecule has 2 heterocycles. The Morgan fingerprint density at radius 3 is 2.65 bits per heavy atom. The van der Waals surface area contributed by atoms with Gasteiger partial charge in [0.2, 0.25) is 0 Å². The first-order chi connectivity index (χ1) is 18.0. The fraction of sp³-hybridized carbons (Fsp3) is 0.367. The Morgan fingerprint density at radius 2 is 1.92 bits per heavy atom. The predicted molar refractivity (Wildman–Crippen MR) is 156 cm³/mol. The normalized spacial score (nSPS) is 17.7. The van der Waals surface area contributed by atoms with Crippen LogP contribution >= 0.6 is 24.0 Å². The number of ether oxygens (including phenoxy) is 1. The largest absolute Gasteiger partial charge is 0.494 e. The highest BCUT2D eigenvalue weighted by atomic mass is 32.2. The first-order valence-corrected chi connectivity index (χ1v) is 14.4. The van der Waals surface area contributed by atoms with Crippen molar-refractivity contribution < 1.29 is 9.53 Å². The minimum absolute atomic E-state index is 0.0247. The van der Waals surface area contributed by atoms with E-state index in [9.17, 15) is 4.79 Å². The zero-order valence-corrected chi connectivity index (χ0v) is 23.1. The molecule has 7 heteroatoms. The highest BCUT2D eigenvalue weighted by molar-refractivity contribution is 8.26. The lowest BCUT2D eigenvalue weighted by atomic mass is 9.94. The maximum absolute atomic E-state index is 13.5. The second kappa shape index (κ2) is 11.7. The molecule has 0 atom stereocenters. The van der Waals surface area contributed by atoms with Crippen LogP contribution in [0.4, 0.5) is 0 Å². The number of unbranched alkanes of at least 4 members (excludes halogenated alkanes) is 1. The molecule has 3 aromatic rings. The van der Waals surface area contributed by atoms with Crippen LogP contribution in [-0.2, 0) is 4.79 Å². The summed E-state index contributed by atoms with van der Waals surface area (Å²) in [6, 6.07) is 16.4. The van der Waals surface area contributed by atoms with E-state index >= 15 is 0 Å². The van der Waals surface area contributed by atoms with Crippen LogP contribution in [0, 0.1) is 6.92 Å².